The molecule has 4 aromatic rings. The molecule has 1 heterocycles. The quantitative estimate of drug-likeness (QED) is 0.401. The third-order valence-electron chi connectivity index (χ3n) is 5.43. The number of carbonyl (C=O) groups is 2. The standard InChI is InChI=1S/C17H14ClNO2.C10H13NO2/c1-11-9-13-10-15(21-2)7-8-16(13)19(11)17(20)12-3-5-14(18)6-4-12;1-3-7-6-8(10(11)12)4-5-9(7)13-2/h3-10H,1-2H3;4-6H,3H2,1-2H3,(H2,11,12). The van der Waals surface area contributed by atoms with Gasteiger partial charge < -0.3 is 15.2 Å². The predicted octanol–water partition coefficient (Wildman–Crippen LogP) is 5.66. The molecule has 0 unspecified atom stereocenters. The summed E-state index contributed by atoms with van der Waals surface area (Å²) in [6.07, 6.45) is 0.824. The summed E-state index contributed by atoms with van der Waals surface area (Å²) in [7, 11) is 3.24. The lowest BCUT2D eigenvalue weighted by Crippen LogP contribution is -2.13. The van der Waals surface area contributed by atoms with E-state index < -0.39 is 5.91 Å². The molecule has 0 fully saturated rings. The average molecular weight is 479 g/mol. The summed E-state index contributed by atoms with van der Waals surface area (Å²) in [6, 6.07) is 19.8. The van der Waals surface area contributed by atoms with Gasteiger partial charge in [0, 0.05) is 27.2 Å². The second kappa shape index (κ2) is 10.9. The molecule has 0 aliphatic rings. The SMILES string of the molecule is CCc1cc(C(N)=O)ccc1OC.COc1ccc2c(c1)cc(C)n2C(=O)c1ccc(Cl)cc1. The number of carbonyl (C=O) groups excluding carboxylic acids is 2. The third-order valence-corrected chi connectivity index (χ3v) is 5.68. The van der Waals surface area contributed by atoms with Crippen LogP contribution in [0.3, 0.4) is 0 Å². The highest BCUT2D eigenvalue weighted by Gasteiger charge is 2.15. The maximum Gasteiger partial charge on any atom is 0.262 e. The molecule has 0 saturated heterocycles. The van der Waals surface area contributed by atoms with Crippen molar-refractivity contribution in [1.29, 1.82) is 0 Å². The zero-order chi connectivity index (χ0) is 24.8. The van der Waals surface area contributed by atoms with Crippen molar-refractivity contribution in [3.8, 4) is 11.5 Å². The number of amides is 1. The molecule has 0 atom stereocenters. The second-order valence-electron chi connectivity index (χ2n) is 7.60. The molecule has 34 heavy (non-hydrogen) atoms. The van der Waals surface area contributed by atoms with Crippen LogP contribution in [0.4, 0.5) is 0 Å². The van der Waals surface area contributed by atoms with E-state index >= 15 is 0 Å². The van der Waals surface area contributed by atoms with Gasteiger partial charge in [0.1, 0.15) is 11.5 Å². The molecular weight excluding hydrogens is 452 g/mol. The van der Waals surface area contributed by atoms with Crippen LogP contribution < -0.4 is 15.2 Å². The maximum absolute atomic E-state index is 12.7. The normalized spacial score (nSPS) is 10.4. The minimum absolute atomic E-state index is 0.0654. The summed E-state index contributed by atoms with van der Waals surface area (Å²) >= 11 is 5.87. The van der Waals surface area contributed by atoms with E-state index in [4.69, 9.17) is 26.8 Å². The van der Waals surface area contributed by atoms with Crippen LogP contribution in [0, 0.1) is 6.92 Å². The topological polar surface area (TPSA) is 83.6 Å². The number of primary amides is 1. The Hall–Kier alpha value is -3.77. The monoisotopic (exact) mass is 478 g/mol. The van der Waals surface area contributed by atoms with Crippen LogP contribution in [-0.4, -0.2) is 30.6 Å². The molecular formula is C27H27ClN2O4. The van der Waals surface area contributed by atoms with Crippen LogP contribution in [0.5, 0.6) is 11.5 Å². The Kier molecular flexibility index (Phi) is 7.97. The van der Waals surface area contributed by atoms with Gasteiger partial charge in [0.15, 0.2) is 0 Å². The van der Waals surface area contributed by atoms with Gasteiger partial charge in [-0.15, -0.1) is 0 Å². The first kappa shape index (κ1) is 24.9. The number of fused-ring (bicyclic) bond motifs is 1. The number of aromatic nitrogens is 1. The van der Waals surface area contributed by atoms with Gasteiger partial charge in [0.2, 0.25) is 5.91 Å². The smallest absolute Gasteiger partial charge is 0.262 e. The van der Waals surface area contributed by atoms with E-state index in [1.165, 1.54) is 0 Å². The zero-order valence-corrected chi connectivity index (χ0v) is 20.3. The number of ether oxygens (including phenoxy) is 2. The summed E-state index contributed by atoms with van der Waals surface area (Å²) in [5.41, 5.74) is 9.04. The van der Waals surface area contributed by atoms with Gasteiger partial charge in [-0.3, -0.25) is 14.2 Å². The van der Waals surface area contributed by atoms with Gasteiger partial charge >= 0.3 is 0 Å². The van der Waals surface area contributed by atoms with Gasteiger partial charge in [-0.25, -0.2) is 0 Å². The van der Waals surface area contributed by atoms with Gasteiger partial charge in [-0.1, -0.05) is 18.5 Å². The van der Waals surface area contributed by atoms with E-state index in [-0.39, 0.29) is 5.91 Å². The van der Waals surface area contributed by atoms with Crippen molar-refractivity contribution in [3.05, 3.63) is 94.1 Å². The van der Waals surface area contributed by atoms with Gasteiger partial charge in [-0.05, 0) is 85.6 Å². The highest BCUT2D eigenvalue weighted by Crippen LogP contribution is 2.25. The van der Waals surface area contributed by atoms with Crippen molar-refractivity contribution in [2.75, 3.05) is 14.2 Å². The van der Waals surface area contributed by atoms with E-state index in [1.54, 1.807) is 61.3 Å². The van der Waals surface area contributed by atoms with E-state index in [2.05, 4.69) is 0 Å². The van der Waals surface area contributed by atoms with Crippen LogP contribution in [0.25, 0.3) is 10.9 Å². The first-order chi connectivity index (χ1) is 16.3. The fourth-order valence-electron chi connectivity index (χ4n) is 3.66. The Morgan fingerprint density at radius 3 is 2.18 bits per heavy atom. The number of nitrogens with zero attached hydrogens (tertiary/aromatic N) is 1. The van der Waals surface area contributed by atoms with Crippen molar-refractivity contribution in [2.45, 2.75) is 20.3 Å². The van der Waals surface area contributed by atoms with E-state index in [1.807, 2.05) is 38.1 Å². The van der Waals surface area contributed by atoms with Crippen LogP contribution >= 0.6 is 11.6 Å². The molecule has 1 aromatic heterocycles. The van der Waals surface area contributed by atoms with E-state index in [9.17, 15) is 9.59 Å². The van der Waals surface area contributed by atoms with Crippen LogP contribution in [0.2, 0.25) is 5.02 Å². The number of hydrogen-bond donors (Lipinski definition) is 1. The van der Waals surface area contributed by atoms with Crippen LogP contribution in [0.15, 0.2) is 66.7 Å². The number of nitrogens with two attached hydrogens (primary N) is 1. The van der Waals surface area contributed by atoms with Crippen molar-refractivity contribution in [1.82, 2.24) is 4.57 Å². The maximum atomic E-state index is 12.7. The van der Waals surface area contributed by atoms with Crippen molar-refractivity contribution in [2.24, 2.45) is 5.73 Å². The molecule has 4 rings (SSSR count). The van der Waals surface area contributed by atoms with Crippen molar-refractivity contribution >= 4 is 34.3 Å². The minimum atomic E-state index is -0.405. The molecule has 0 aliphatic carbocycles. The summed E-state index contributed by atoms with van der Waals surface area (Å²) in [5.74, 6) is 1.10. The number of hydrogen-bond acceptors (Lipinski definition) is 4. The molecule has 6 nitrogen and oxygen atoms in total. The first-order valence-electron chi connectivity index (χ1n) is 10.7. The molecule has 1 amide bonds. The fraction of sp³-hybridized carbons (Fsp3) is 0.185. The highest BCUT2D eigenvalue weighted by molar-refractivity contribution is 6.30. The molecule has 0 spiro atoms. The Balaban J connectivity index is 0.000000215. The summed E-state index contributed by atoms with van der Waals surface area (Å²) < 4.78 is 12.0. The number of aryl methyl sites for hydroxylation is 2. The minimum Gasteiger partial charge on any atom is -0.497 e. The predicted molar refractivity (Wildman–Crippen MR) is 135 cm³/mol. The Labute approximate surface area is 203 Å². The van der Waals surface area contributed by atoms with Gasteiger partial charge in [0.25, 0.3) is 5.91 Å². The van der Waals surface area contributed by atoms with E-state index in [0.29, 0.717) is 16.1 Å². The molecule has 7 heteroatoms. The first-order valence-corrected chi connectivity index (χ1v) is 11.1. The summed E-state index contributed by atoms with van der Waals surface area (Å²) in [6.45, 7) is 3.92. The number of halogens is 1. The highest BCUT2D eigenvalue weighted by atomic mass is 35.5. The van der Waals surface area contributed by atoms with Crippen LogP contribution in [0.1, 0.15) is 38.9 Å². The lowest BCUT2D eigenvalue weighted by atomic mass is 10.1. The molecule has 2 N–H and O–H groups in total. The molecule has 0 radical (unpaired) electrons. The Morgan fingerprint density at radius 1 is 0.912 bits per heavy atom. The average Bonchev–Trinajstić information content (AvgIpc) is 3.18. The largest absolute Gasteiger partial charge is 0.497 e. The molecule has 0 aliphatic heterocycles. The zero-order valence-electron chi connectivity index (χ0n) is 19.6. The van der Waals surface area contributed by atoms with Gasteiger partial charge in [-0.2, -0.15) is 0 Å². The Morgan fingerprint density at radius 2 is 1.59 bits per heavy atom. The molecule has 176 valence electrons. The van der Waals surface area contributed by atoms with Crippen molar-refractivity contribution in [3.63, 3.8) is 0 Å². The van der Waals surface area contributed by atoms with E-state index in [0.717, 1.165) is 40.1 Å². The lowest BCUT2D eigenvalue weighted by molar-refractivity contribution is 0.0961. The fourth-order valence-corrected chi connectivity index (χ4v) is 3.78. The lowest BCUT2D eigenvalue weighted by Gasteiger charge is -2.07. The summed E-state index contributed by atoms with van der Waals surface area (Å²) in [5, 5.41) is 1.60. The Bertz CT molecular complexity index is 1330. The number of benzene rings is 3. The van der Waals surface area contributed by atoms with Gasteiger partial charge in [0.05, 0.1) is 19.7 Å². The van der Waals surface area contributed by atoms with Crippen LogP contribution in [-0.2, 0) is 6.42 Å². The number of rotatable bonds is 5. The summed E-state index contributed by atoms with van der Waals surface area (Å²) in [4.78, 5) is 23.5. The third kappa shape index (κ3) is 5.41. The molecule has 0 saturated carbocycles. The molecule has 0 bridgehead atoms. The second-order valence-corrected chi connectivity index (χ2v) is 8.04. The number of methoxy groups -OCH3 is 2. The van der Waals surface area contributed by atoms with Crippen molar-refractivity contribution < 1.29 is 19.1 Å². The molecule has 3 aromatic carbocycles.